The van der Waals surface area contributed by atoms with Crippen molar-refractivity contribution in [1.82, 2.24) is 10.2 Å². The Kier molecular flexibility index (Phi) is 17.7. The Labute approximate surface area is 369 Å². The van der Waals surface area contributed by atoms with Crippen LogP contribution >= 0.6 is 34.8 Å². The third-order valence-corrected chi connectivity index (χ3v) is 8.95. The highest BCUT2D eigenvalue weighted by molar-refractivity contribution is 6.67. The van der Waals surface area contributed by atoms with Gasteiger partial charge in [-0.15, -0.1) is 26.3 Å². The maximum absolute atomic E-state index is 12.9. The number of halogens is 9. The Hall–Kier alpha value is -6.41. The average molecular weight is 938 g/mol. The highest BCUT2D eigenvalue weighted by atomic mass is 35.5. The number of carbonyl (C=O) groups excluding carboxylic acids is 4. The summed E-state index contributed by atoms with van der Waals surface area (Å²) in [6.45, 7) is 1.24. The third kappa shape index (κ3) is 15.2. The fourth-order valence-corrected chi connectivity index (χ4v) is 5.74. The van der Waals surface area contributed by atoms with Crippen LogP contribution in [0.2, 0.25) is 10.0 Å². The topological polar surface area (TPSA) is 168 Å². The number of ether oxygens (including phenoxy) is 4. The van der Waals surface area contributed by atoms with Crippen molar-refractivity contribution in [2.75, 3.05) is 39.5 Å². The molecule has 0 spiro atoms. The molecule has 2 fully saturated rings. The number of alkyl halides is 6. The van der Waals surface area contributed by atoms with Gasteiger partial charge in [0.25, 0.3) is 11.1 Å². The molecule has 12 nitrogen and oxygen atoms in total. The number of benzene rings is 4. The Morgan fingerprint density at radius 2 is 1.05 bits per heavy atom. The maximum Gasteiger partial charge on any atom is 0.573 e. The molecule has 0 radical (unpaired) electrons. The van der Waals surface area contributed by atoms with Gasteiger partial charge in [0.1, 0.15) is 34.8 Å². The first-order chi connectivity index (χ1) is 29.8. The summed E-state index contributed by atoms with van der Waals surface area (Å²) in [5.74, 6) is -2.72. The molecular formula is C42H29Cl3F6N4O8. The molecule has 2 aliphatic rings. The van der Waals surface area contributed by atoms with Gasteiger partial charge in [0.05, 0.1) is 37.8 Å². The van der Waals surface area contributed by atoms with Crippen molar-refractivity contribution in [2.45, 2.75) is 12.7 Å². The van der Waals surface area contributed by atoms with Crippen LogP contribution in [0.1, 0.15) is 41.4 Å². The van der Waals surface area contributed by atoms with Crippen LogP contribution in [0.4, 0.5) is 26.3 Å². The van der Waals surface area contributed by atoms with Gasteiger partial charge in [-0.3, -0.25) is 19.2 Å². The van der Waals surface area contributed by atoms with Crippen LogP contribution in [0, 0.1) is 22.7 Å². The molecule has 2 aliphatic heterocycles. The third-order valence-electron chi connectivity index (χ3n) is 8.23. The molecule has 0 bridgehead atoms. The van der Waals surface area contributed by atoms with Gasteiger partial charge in [-0.05, 0) is 109 Å². The van der Waals surface area contributed by atoms with Crippen molar-refractivity contribution in [3.05, 3.63) is 152 Å². The second-order valence-electron chi connectivity index (χ2n) is 12.5. The standard InChI is InChI=1S/C21H14ClF3N2O4.C14H11F3N2O3.C7H4Cl2O/c22-15-5-1-14(2-6-15)20(29)27-9-10-30-12-18(27)17(11-26)19(28)13-3-7-16(8-4-13)31-21(23,24)25;15-14(16,17)22-10-3-1-9(2-4-10)13(20)11(7-18)12-8-21-6-5-19-12;8-6-3-1-5(2-4-6)7(9)10/h1-8H,9-10,12H2;1-4,19H,5-6,8H2;1-4H/b18-17-;12-11-;. The Morgan fingerprint density at radius 3 is 1.46 bits per heavy atom. The van der Waals surface area contributed by atoms with Gasteiger partial charge >= 0.3 is 12.7 Å². The number of carbonyl (C=O) groups is 4. The lowest BCUT2D eigenvalue weighted by Crippen LogP contribution is -2.40. The highest BCUT2D eigenvalue weighted by Gasteiger charge is 2.33. The van der Waals surface area contributed by atoms with Crippen LogP contribution in [-0.4, -0.2) is 79.9 Å². The number of rotatable bonds is 8. The molecule has 0 saturated carbocycles. The van der Waals surface area contributed by atoms with E-state index in [1.807, 2.05) is 0 Å². The summed E-state index contributed by atoms with van der Waals surface area (Å²) in [5.41, 5.74) is 0.807. The Balaban J connectivity index is 0.000000235. The summed E-state index contributed by atoms with van der Waals surface area (Å²) < 4.78 is 91.1. The van der Waals surface area contributed by atoms with Gasteiger partial charge in [-0.2, -0.15) is 10.5 Å². The average Bonchev–Trinajstić information content (AvgIpc) is 3.25. The van der Waals surface area contributed by atoms with Crippen LogP contribution in [-0.2, 0) is 9.47 Å². The van der Waals surface area contributed by atoms with Crippen LogP contribution in [0.25, 0.3) is 0 Å². The van der Waals surface area contributed by atoms with E-state index in [2.05, 4.69) is 14.8 Å². The van der Waals surface area contributed by atoms with Crippen LogP contribution in [0.15, 0.2) is 120 Å². The van der Waals surface area contributed by atoms with Crippen molar-refractivity contribution >= 4 is 57.5 Å². The number of hydrogen-bond acceptors (Lipinski definition) is 11. The summed E-state index contributed by atoms with van der Waals surface area (Å²) in [4.78, 5) is 49.8. The predicted octanol–water partition coefficient (Wildman–Crippen LogP) is 9.26. The van der Waals surface area contributed by atoms with Gasteiger partial charge in [-0.25, -0.2) is 0 Å². The summed E-state index contributed by atoms with van der Waals surface area (Å²) in [5, 5.41) is 22.2. The van der Waals surface area contributed by atoms with E-state index >= 15 is 0 Å². The summed E-state index contributed by atoms with van der Waals surface area (Å²) in [6.07, 6.45) is -9.66. The second-order valence-corrected chi connectivity index (χ2v) is 13.7. The lowest BCUT2D eigenvalue weighted by Gasteiger charge is -2.30. The number of nitrogens with zero attached hydrogens (tertiary/aromatic N) is 3. The molecule has 63 heavy (non-hydrogen) atoms. The molecule has 4 aromatic rings. The molecule has 0 aliphatic carbocycles. The number of amides is 1. The monoisotopic (exact) mass is 936 g/mol. The minimum Gasteiger partial charge on any atom is -0.406 e. The molecule has 6 rings (SSSR count). The van der Waals surface area contributed by atoms with E-state index in [1.165, 1.54) is 29.2 Å². The smallest absolute Gasteiger partial charge is 0.406 e. The molecule has 0 atom stereocenters. The normalized spacial score (nSPS) is 15.3. The van der Waals surface area contributed by atoms with Crippen molar-refractivity contribution in [1.29, 1.82) is 10.5 Å². The molecule has 4 aromatic carbocycles. The van der Waals surface area contributed by atoms with Crippen LogP contribution in [0.5, 0.6) is 11.5 Å². The largest absolute Gasteiger partial charge is 0.573 e. The van der Waals surface area contributed by atoms with Gasteiger partial charge in [-0.1, -0.05) is 23.2 Å². The first-order valence-electron chi connectivity index (χ1n) is 17.8. The van der Waals surface area contributed by atoms with E-state index < -0.39 is 46.9 Å². The molecule has 2 saturated heterocycles. The summed E-state index contributed by atoms with van der Waals surface area (Å²) in [7, 11) is 0. The summed E-state index contributed by atoms with van der Waals surface area (Å²) >= 11 is 16.6. The SMILES string of the molecule is N#C/C(C(=O)c1ccc(OC(F)(F)F)cc1)=C1\COCCN1.N#C/C(C(=O)c1ccc(OC(F)(F)F)cc1)=C1\COCCN1C(=O)c1ccc(Cl)cc1.O=C(Cl)c1ccc(Cl)cc1. The fraction of sp³-hybridized carbons (Fsp3) is 0.190. The van der Waals surface area contributed by atoms with Crippen molar-refractivity contribution in [3.8, 4) is 23.6 Å². The summed E-state index contributed by atoms with van der Waals surface area (Å²) in [6, 6.07) is 24.6. The molecular weight excluding hydrogens is 909 g/mol. The number of morpholine rings is 2. The molecule has 0 aromatic heterocycles. The number of hydrogen-bond donors (Lipinski definition) is 1. The lowest BCUT2D eigenvalue weighted by molar-refractivity contribution is -0.275. The quantitative estimate of drug-likeness (QED) is 0.0588. The van der Waals surface area contributed by atoms with Gasteiger partial charge in [0.15, 0.2) is 0 Å². The lowest BCUT2D eigenvalue weighted by atomic mass is 10.0. The molecule has 21 heteroatoms. The number of allylic oxidation sites excluding steroid dienone is 2. The minimum atomic E-state index is -4.87. The van der Waals surface area contributed by atoms with E-state index in [0.717, 1.165) is 36.4 Å². The zero-order chi connectivity index (χ0) is 46.3. The van der Waals surface area contributed by atoms with Gasteiger partial charge < -0.3 is 29.2 Å². The number of ketones is 2. The molecule has 0 unspecified atom stereocenters. The van der Waals surface area contributed by atoms with Crippen LogP contribution in [0.3, 0.4) is 0 Å². The van der Waals surface area contributed by atoms with E-state index in [9.17, 15) is 50.8 Å². The number of nitrogens with one attached hydrogen (secondary N) is 1. The van der Waals surface area contributed by atoms with Crippen molar-refractivity contribution < 1.29 is 64.5 Å². The molecule has 2 heterocycles. The molecule has 1 amide bonds. The first kappa shape index (κ1) is 49.2. The molecule has 1 N–H and O–H groups in total. The minimum absolute atomic E-state index is 0.0389. The van der Waals surface area contributed by atoms with Crippen LogP contribution < -0.4 is 14.8 Å². The Bertz CT molecular complexity index is 2420. The predicted molar refractivity (Wildman–Crippen MR) is 214 cm³/mol. The van der Waals surface area contributed by atoms with Gasteiger partial charge in [0.2, 0.25) is 11.6 Å². The van der Waals surface area contributed by atoms with E-state index in [1.54, 1.807) is 48.5 Å². The zero-order valence-electron chi connectivity index (χ0n) is 32.0. The van der Waals surface area contributed by atoms with E-state index in [-0.39, 0.29) is 54.3 Å². The zero-order valence-corrected chi connectivity index (χ0v) is 34.3. The Morgan fingerprint density at radius 1 is 0.619 bits per heavy atom. The highest BCUT2D eigenvalue weighted by Crippen LogP contribution is 2.27. The van der Waals surface area contributed by atoms with Crippen molar-refractivity contribution in [3.63, 3.8) is 0 Å². The molecule has 328 valence electrons. The van der Waals surface area contributed by atoms with Gasteiger partial charge in [0, 0.05) is 45.4 Å². The maximum atomic E-state index is 12.9. The fourth-order valence-electron chi connectivity index (χ4n) is 5.36. The van der Waals surface area contributed by atoms with Crippen molar-refractivity contribution in [2.24, 2.45) is 0 Å². The number of nitriles is 2. The first-order valence-corrected chi connectivity index (χ1v) is 18.9. The van der Waals surface area contributed by atoms with E-state index in [0.29, 0.717) is 40.0 Å². The van der Waals surface area contributed by atoms with E-state index in [4.69, 9.17) is 49.5 Å². The number of Topliss-reactive ketones (excluding diaryl/α,β-unsaturated/α-hetero) is 2. The second kappa shape index (κ2) is 22.6.